The molecule has 0 unspecified atom stereocenters. The standard InChI is InChI=1S/C24H18N.C15H10N.Ir/c1-24(2)21-13-11-17(22-9-5-6-14-25-22)15-20(21)19-12-10-16-7-3-4-8-18(16)23(19)24;1-2-6-13-11-14(9-8-12(13)5-1)15-7-3-4-10-16-15;/h3-10,12-15H,1-2H3;1-8,10-11H;/q2*-1;. The molecule has 2 nitrogen and oxygen atoms in total. The second kappa shape index (κ2) is 11.4. The molecule has 0 saturated heterocycles. The van der Waals surface area contributed by atoms with Crippen molar-refractivity contribution in [2.24, 2.45) is 0 Å². The molecule has 2 aromatic heterocycles. The molecule has 1 radical (unpaired) electrons. The predicted molar refractivity (Wildman–Crippen MR) is 170 cm³/mol. The van der Waals surface area contributed by atoms with Gasteiger partial charge >= 0.3 is 0 Å². The van der Waals surface area contributed by atoms with Crippen LogP contribution in [0.4, 0.5) is 0 Å². The minimum atomic E-state index is -0.0231. The van der Waals surface area contributed by atoms with E-state index in [2.05, 4.69) is 103 Å². The number of nitrogens with zero attached hydrogens (tertiary/aromatic N) is 2. The van der Waals surface area contributed by atoms with Crippen LogP contribution < -0.4 is 0 Å². The van der Waals surface area contributed by atoms with E-state index in [1.807, 2.05) is 60.8 Å². The maximum absolute atomic E-state index is 4.49. The third-order valence-corrected chi connectivity index (χ3v) is 8.03. The van der Waals surface area contributed by atoms with Crippen molar-refractivity contribution in [3.63, 3.8) is 0 Å². The Morgan fingerprint density at radius 1 is 0.548 bits per heavy atom. The van der Waals surface area contributed by atoms with E-state index in [-0.39, 0.29) is 25.5 Å². The number of rotatable bonds is 2. The average molecular weight is 717 g/mol. The van der Waals surface area contributed by atoms with Gasteiger partial charge in [0.05, 0.1) is 0 Å². The van der Waals surface area contributed by atoms with Gasteiger partial charge in [-0.25, -0.2) is 0 Å². The van der Waals surface area contributed by atoms with E-state index in [0.29, 0.717) is 0 Å². The minimum Gasteiger partial charge on any atom is -0.305 e. The summed E-state index contributed by atoms with van der Waals surface area (Å²) < 4.78 is 0. The maximum atomic E-state index is 4.49. The molecule has 1 aliphatic carbocycles. The van der Waals surface area contributed by atoms with Gasteiger partial charge in [0.15, 0.2) is 0 Å². The van der Waals surface area contributed by atoms with E-state index in [1.54, 1.807) is 6.20 Å². The molecule has 1 aliphatic rings. The van der Waals surface area contributed by atoms with Crippen molar-refractivity contribution in [1.82, 2.24) is 9.97 Å². The Bertz CT molecular complexity index is 2010. The van der Waals surface area contributed by atoms with Crippen LogP contribution in [0.2, 0.25) is 0 Å². The largest absolute Gasteiger partial charge is 0.305 e. The summed E-state index contributed by atoms with van der Waals surface area (Å²) in [6.07, 6.45) is 3.64. The SMILES string of the molecule is CC1(C)c2c[c-]c(-c3ccccn3)cc2-c2ccc3ccccc3c21.[Ir].[c-]1cc2ccccc2cc1-c1ccccn1. The van der Waals surface area contributed by atoms with Crippen LogP contribution in [-0.2, 0) is 25.5 Å². The zero-order chi connectivity index (χ0) is 27.8. The van der Waals surface area contributed by atoms with Gasteiger partial charge in [0.1, 0.15) is 0 Å². The normalized spacial score (nSPS) is 12.5. The molecule has 7 aromatic rings. The zero-order valence-electron chi connectivity index (χ0n) is 23.4. The average Bonchev–Trinajstić information content (AvgIpc) is 3.28. The summed E-state index contributed by atoms with van der Waals surface area (Å²) >= 11 is 0. The predicted octanol–water partition coefficient (Wildman–Crippen LogP) is 9.71. The van der Waals surface area contributed by atoms with Crippen LogP contribution in [-0.4, -0.2) is 9.97 Å². The molecule has 5 aromatic carbocycles. The summed E-state index contributed by atoms with van der Waals surface area (Å²) in [4.78, 5) is 8.81. The molecular formula is C39H28IrN2-2. The van der Waals surface area contributed by atoms with Crippen molar-refractivity contribution >= 4 is 21.5 Å². The summed E-state index contributed by atoms with van der Waals surface area (Å²) in [6, 6.07) is 48.7. The fourth-order valence-corrected chi connectivity index (χ4v) is 6.00. The first-order valence-corrected chi connectivity index (χ1v) is 13.9. The van der Waals surface area contributed by atoms with Crippen molar-refractivity contribution in [3.05, 3.63) is 157 Å². The van der Waals surface area contributed by atoms with Crippen molar-refractivity contribution in [2.75, 3.05) is 0 Å². The van der Waals surface area contributed by atoms with Crippen LogP contribution in [0.5, 0.6) is 0 Å². The second-order valence-electron chi connectivity index (χ2n) is 10.9. The molecule has 42 heavy (non-hydrogen) atoms. The summed E-state index contributed by atoms with van der Waals surface area (Å²) in [5, 5.41) is 5.08. The molecule has 3 heteroatoms. The first kappa shape index (κ1) is 27.7. The van der Waals surface area contributed by atoms with Gasteiger partial charge in [0.25, 0.3) is 0 Å². The molecule has 0 amide bonds. The molecule has 0 spiro atoms. The maximum Gasteiger partial charge on any atom is 0.0160 e. The number of hydrogen-bond acceptors (Lipinski definition) is 2. The number of fused-ring (bicyclic) bond motifs is 6. The van der Waals surface area contributed by atoms with Crippen LogP contribution in [0.15, 0.2) is 134 Å². The summed E-state index contributed by atoms with van der Waals surface area (Å²) in [5.41, 5.74) is 9.42. The fourth-order valence-electron chi connectivity index (χ4n) is 6.00. The van der Waals surface area contributed by atoms with Crippen molar-refractivity contribution in [1.29, 1.82) is 0 Å². The van der Waals surface area contributed by atoms with Gasteiger partial charge < -0.3 is 9.97 Å². The number of pyridine rings is 2. The van der Waals surface area contributed by atoms with Gasteiger partial charge in [0, 0.05) is 32.5 Å². The summed E-state index contributed by atoms with van der Waals surface area (Å²) in [6.45, 7) is 4.64. The van der Waals surface area contributed by atoms with Crippen molar-refractivity contribution in [2.45, 2.75) is 19.3 Å². The van der Waals surface area contributed by atoms with E-state index in [1.165, 1.54) is 43.8 Å². The van der Waals surface area contributed by atoms with E-state index in [4.69, 9.17) is 0 Å². The number of hydrogen-bond donors (Lipinski definition) is 0. The van der Waals surface area contributed by atoms with Crippen LogP contribution in [0.1, 0.15) is 25.0 Å². The molecule has 0 bridgehead atoms. The molecule has 8 rings (SSSR count). The monoisotopic (exact) mass is 717 g/mol. The van der Waals surface area contributed by atoms with Crippen LogP contribution in [0.25, 0.3) is 55.2 Å². The van der Waals surface area contributed by atoms with E-state index in [0.717, 1.165) is 22.5 Å². The Morgan fingerprint density at radius 3 is 1.83 bits per heavy atom. The first-order valence-electron chi connectivity index (χ1n) is 13.9. The van der Waals surface area contributed by atoms with E-state index < -0.39 is 0 Å². The molecule has 0 N–H and O–H groups in total. The number of aromatic nitrogens is 2. The van der Waals surface area contributed by atoms with Gasteiger partial charge in [-0.15, -0.1) is 58.5 Å². The van der Waals surface area contributed by atoms with E-state index >= 15 is 0 Å². The molecule has 205 valence electrons. The Labute approximate surface area is 260 Å². The van der Waals surface area contributed by atoms with Crippen molar-refractivity contribution < 1.29 is 20.1 Å². The van der Waals surface area contributed by atoms with Gasteiger partial charge in [-0.3, -0.25) is 0 Å². The minimum absolute atomic E-state index is 0. The Kier molecular flexibility index (Phi) is 7.56. The Hall–Kier alpha value is -4.43. The molecule has 0 fully saturated rings. The summed E-state index contributed by atoms with van der Waals surface area (Å²) in [5.74, 6) is 0. The van der Waals surface area contributed by atoms with Gasteiger partial charge in [-0.2, -0.15) is 0 Å². The summed E-state index contributed by atoms with van der Waals surface area (Å²) in [7, 11) is 0. The van der Waals surface area contributed by atoms with Gasteiger partial charge in [0.2, 0.25) is 0 Å². The van der Waals surface area contributed by atoms with E-state index in [9.17, 15) is 0 Å². The molecule has 0 atom stereocenters. The van der Waals surface area contributed by atoms with Crippen LogP contribution in [0.3, 0.4) is 0 Å². The fraction of sp³-hybridized carbons (Fsp3) is 0.0769. The molecule has 0 aliphatic heterocycles. The quantitative estimate of drug-likeness (QED) is 0.167. The van der Waals surface area contributed by atoms with Crippen LogP contribution >= 0.6 is 0 Å². The first-order chi connectivity index (χ1) is 20.1. The Balaban J connectivity index is 0.000000161. The third kappa shape index (κ3) is 4.96. The smallest absolute Gasteiger partial charge is 0.0160 e. The topological polar surface area (TPSA) is 25.8 Å². The molecule has 0 saturated carbocycles. The van der Waals surface area contributed by atoms with Gasteiger partial charge in [-0.05, 0) is 50.8 Å². The second-order valence-corrected chi connectivity index (χ2v) is 10.9. The zero-order valence-corrected chi connectivity index (χ0v) is 25.8. The van der Waals surface area contributed by atoms with Gasteiger partial charge in [-0.1, -0.05) is 110 Å². The molecular weight excluding hydrogens is 689 g/mol. The molecule has 2 heterocycles. The number of benzene rings is 5. The van der Waals surface area contributed by atoms with Crippen molar-refractivity contribution in [3.8, 4) is 33.6 Å². The Morgan fingerprint density at radius 2 is 1.14 bits per heavy atom. The third-order valence-electron chi connectivity index (χ3n) is 8.03. The van der Waals surface area contributed by atoms with Crippen LogP contribution in [0, 0.1) is 12.1 Å².